The van der Waals surface area contributed by atoms with Gasteiger partial charge in [0.2, 0.25) is 5.95 Å². The highest BCUT2D eigenvalue weighted by molar-refractivity contribution is 5.70. The number of aromatic amines is 1. The lowest BCUT2D eigenvalue weighted by Crippen LogP contribution is -2.36. The first-order chi connectivity index (χ1) is 17.0. The molecule has 36 heavy (non-hydrogen) atoms. The molecular weight excluding hydrogens is 488 g/mol. The predicted octanol–water partition coefficient (Wildman–Crippen LogP) is 3.99. The Morgan fingerprint density at radius 1 is 1.33 bits per heavy atom. The number of amides is 1. The number of nitrogens with zero attached hydrogens (tertiary/aromatic N) is 4. The van der Waals surface area contributed by atoms with Gasteiger partial charge in [0.15, 0.2) is 11.5 Å². The molecule has 1 amide bonds. The predicted molar refractivity (Wildman–Crippen MR) is 121 cm³/mol. The number of alkyl carbamates (subject to hydrolysis) is 1. The Morgan fingerprint density at radius 2 is 2.11 bits per heavy atom. The van der Waals surface area contributed by atoms with Crippen molar-refractivity contribution in [1.29, 1.82) is 0 Å². The van der Waals surface area contributed by atoms with Crippen LogP contribution in [0.4, 0.5) is 39.8 Å². The fourth-order valence-electron chi connectivity index (χ4n) is 4.00. The van der Waals surface area contributed by atoms with Crippen molar-refractivity contribution in [3.05, 3.63) is 29.8 Å². The number of ether oxygens (including phenoxy) is 2. The first-order valence-corrected chi connectivity index (χ1v) is 11.2. The summed E-state index contributed by atoms with van der Waals surface area (Å²) in [5.74, 6) is -0.0153. The number of nitrogens with one attached hydrogen (secondary N) is 4. The topological polar surface area (TPSA) is 130 Å². The van der Waals surface area contributed by atoms with Crippen molar-refractivity contribution >= 4 is 29.2 Å². The molecule has 4 rings (SSSR count). The van der Waals surface area contributed by atoms with Crippen LogP contribution in [0.15, 0.2) is 18.5 Å². The number of aromatic nitrogens is 5. The van der Waals surface area contributed by atoms with Crippen LogP contribution in [0.5, 0.6) is 0 Å². The van der Waals surface area contributed by atoms with E-state index in [1.165, 1.54) is 16.8 Å². The van der Waals surface area contributed by atoms with E-state index < -0.39 is 37.3 Å². The summed E-state index contributed by atoms with van der Waals surface area (Å²) in [6, 6.07) is 1.48. The number of carbonyl (C=O) groups excluding carboxylic acids is 1. The highest BCUT2D eigenvalue weighted by Gasteiger charge is 2.41. The van der Waals surface area contributed by atoms with Crippen LogP contribution in [0.2, 0.25) is 0 Å². The second-order valence-electron chi connectivity index (χ2n) is 8.61. The van der Waals surface area contributed by atoms with Crippen molar-refractivity contribution in [1.82, 2.24) is 29.9 Å². The molecule has 3 atom stereocenters. The smallest absolute Gasteiger partial charge is 0.443 e. The third kappa shape index (κ3) is 5.78. The fraction of sp³-hybridized carbons (Fsp3) is 0.524. The monoisotopic (exact) mass is 514 g/mol. The first kappa shape index (κ1) is 25.5. The average Bonchev–Trinajstić information content (AvgIpc) is 3.51. The third-order valence-electron chi connectivity index (χ3n) is 5.60. The van der Waals surface area contributed by atoms with Crippen LogP contribution >= 0.6 is 0 Å². The maximum absolute atomic E-state index is 15.0. The van der Waals surface area contributed by atoms with E-state index in [1.54, 1.807) is 27.0 Å². The van der Waals surface area contributed by atoms with E-state index in [0.717, 1.165) is 0 Å². The van der Waals surface area contributed by atoms with E-state index in [2.05, 4.69) is 40.9 Å². The number of imidazole rings is 1. The van der Waals surface area contributed by atoms with Gasteiger partial charge in [-0.15, -0.1) is 13.2 Å². The molecule has 1 fully saturated rings. The molecule has 196 valence electrons. The quantitative estimate of drug-likeness (QED) is 0.332. The molecular formula is C21H26F4N8O3. The van der Waals surface area contributed by atoms with Gasteiger partial charge in [0, 0.05) is 37.0 Å². The zero-order chi connectivity index (χ0) is 26.0. The average molecular weight is 514 g/mol. The van der Waals surface area contributed by atoms with Crippen LogP contribution in [0.25, 0.3) is 5.65 Å². The molecule has 1 saturated carbocycles. The minimum atomic E-state index is -4.79. The molecule has 15 heteroatoms. The second-order valence-corrected chi connectivity index (χ2v) is 8.61. The molecule has 0 aromatic carbocycles. The van der Waals surface area contributed by atoms with E-state index in [0.29, 0.717) is 35.7 Å². The summed E-state index contributed by atoms with van der Waals surface area (Å²) in [4.78, 5) is 20.3. The van der Waals surface area contributed by atoms with Gasteiger partial charge >= 0.3 is 12.5 Å². The van der Waals surface area contributed by atoms with Gasteiger partial charge in [-0.2, -0.15) is 5.10 Å². The van der Waals surface area contributed by atoms with Crippen LogP contribution in [-0.4, -0.2) is 62.4 Å². The SMILES string of the molecule is CNc1cnc(Nc2cc([C@@H]3CC[C@H](OC(=O)NC(C)C)[C@@H]3F)[nH]n2)n2cc(COC(F)(F)F)nc12. The molecule has 0 unspecified atom stereocenters. The summed E-state index contributed by atoms with van der Waals surface area (Å²) in [5.41, 5.74) is 1.36. The maximum atomic E-state index is 15.0. The highest BCUT2D eigenvalue weighted by atomic mass is 19.4. The highest BCUT2D eigenvalue weighted by Crippen LogP contribution is 2.38. The van der Waals surface area contributed by atoms with Crippen LogP contribution < -0.4 is 16.0 Å². The molecule has 3 heterocycles. The summed E-state index contributed by atoms with van der Waals surface area (Å²) >= 11 is 0. The number of rotatable bonds is 8. The molecule has 0 radical (unpaired) electrons. The normalized spacial score (nSPS) is 20.2. The number of carbonyl (C=O) groups is 1. The Hall–Kier alpha value is -3.62. The summed E-state index contributed by atoms with van der Waals surface area (Å²) in [6.45, 7) is 2.79. The van der Waals surface area contributed by atoms with Crippen molar-refractivity contribution in [2.45, 2.75) is 63.9 Å². The molecule has 0 aliphatic heterocycles. The van der Waals surface area contributed by atoms with Gasteiger partial charge in [-0.1, -0.05) is 0 Å². The zero-order valence-electron chi connectivity index (χ0n) is 19.7. The van der Waals surface area contributed by atoms with Gasteiger partial charge in [0.1, 0.15) is 12.3 Å². The van der Waals surface area contributed by atoms with Gasteiger partial charge in [-0.25, -0.2) is 19.2 Å². The number of anilines is 3. The lowest BCUT2D eigenvalue weighted by Gasteiger charge is -2.18. The van der Waals surface area contributed by atoms with Crippen molar-refractivity contribution < 1.29 is 31.8 Å². The zero-order valence-corrected chi connectivity index (χ0v) is 19.7. The molecule has 0 spiro atoms. The summed E-state index contributed by atoms with van der Waals surface area (Å²) < 4.78 is 62.9. The summed E-state index contributed by atoms with van der Waals surface area (Å²) in [5, 5.41) is 15.4. The Bertz CT molecular complexity index is 1210. The van der Waals surface area contributed by atoms with Crippen LogP contribution in [0.3, 0.4) is 0 Å². The Labute approximate surface area is 203 Å². The van der Waals surface area contributed by atoms with E-state index in [1.807, 2.05) is 0 Å². The van der Waals surface area contributed by atoms with Gasteiger partial charge in [-0.3, -0.25) is 14.2 Å². The summed E-state index contributed by atoms with van der Waals surface area (Å²) in [7, 11) is 1.63. The van der Waals surface area contributed by atoms with E-state index >= 15 is 4.39 Å². The van der Waals surface area contributed by atoms with Gasteiger partial charge < -0.3 is 20.7 Å². The number of alkyl halides is 4. The third-order valence-corrected chi connectivity index (χ3v) is 5.60. The van der Waals surface area contributed by atoms with Gasteiger partial charge in [-0.05, 0) is 26.7 Å². The van der Waals surface area contributed by atoms with Gasteiger partial charge in [0.05, 0.1) is 24.2 Å². The molecule has 4 N–H and O–H groups in total. The first-order valence-electron chi connectivity index (χ1n) is 11.2. The number of halogens is 4. The molecule has 11 nitrogen and oxygen atoms in total. The minimum Gasteiger partial charge on any atom is -0.443 e. The lowest BCUT2D eigenvalue weighted by molar-refractivity contribution is -0.330. The van der Waals surface area contributed by atoms with Crippen molar-refractivity contribution in [2.75, 3.05) is 17.7 Å². The van der Waals surface area contributed by atoms with E-state index in [4.69, 9.17) is 4.74 Å². The fourth-order valence-corrected chi connectivity index (χ4v) is 4.00. The van der Waals surface area contributed by atoms with Crippen molar-refractivity contribution in [2.24, 2.45) is 0 Å². The minimum absolute atomic E-state index is 0.0429. The molecule has 0 bridgehead atoms. The number of H-pyrrole nitrogens is 1. The van der Waals surface area contributed by atoms with E-state index in [-0.39, 0.29) is 17.7 Å². The lowest BCUT2D eigenvalue weighted by atomic mass is 10.0. The van der Waals surface area contributed by atoms with Crippen molar-refractivity contribution in [3.63, 3.8) is 0 Å². The second kappa shape index (κ2) is 10.2. The Kier molecular flexibility index (Phi) is 7.19. The van der Waals surface area contributed by atoms with Crippen LogP contribution in [-0.2, 0) is 16.1 Å². The van der Waals surface area contributed by atoms with Crippen molar-refractivity contribution in [3.8, 4) is 0 Å². The van der Waals surface area contributed by atoms with E-state index in [9.17, 15) is 18.0 Å². The molecule has 1 aliphatic rings. The number of hydrogen-bond acceptors (Lipinski definition) is 8. The number of fused-ring (bicyclic) bond motifs is 1. The standard InChI is InChI=1S/C21H26F4N8O3/c1-10(2)28-20(34)36-15-5-4-12(17(15)22)13-6-16(32-31-13)30-19-27-7-14(26-3)18-29-11(8-33(18)19)9-35-21(23,24)25/h6-8,10,12,15,17,26H,4-5,9H2,1-3H3,(H,28,34)(H2,27,30,31,32)/t12-,15-,17+/m0/s1. The Balaban J connectivity index is 1.48. The molecule has 1 aliphatic carbocycles. The Morgan fingerprint density at radius 3 is 2.81 bits per heavy atom. The summed E-state index contributed by atoms with van der Waals surface area (Å²) in [6.07, 6.45) is -4.09. The van der Waals surface area contributed by atoms with Crippen LogP contribution in [0.1, 0.15) is 44.0 Å². The maximum Gasteiger partial charge on any atom is 0.522 e. The number of hydrogen-bond donors (Lipinski definition) is 4. The molecule has 0 saturated heterocycles. The van der Waals surface area contributed by atoms with Crippen LogP contribution in [0, 0.1) is 0 Å². The van der Waals surface area contributed by atoms with Gasteiger partial charge in [0.25, 0.3) is 0 Å². The largest absolute Gasteiger partial charge is 0.522 e. The molecule has 3 aromatic heterocycles. The molecule has 3 aromatic rings.